The largest absolute Gasteiger partial charge is 0.356 e. The Balaban J connectivity index is 0.00000220. The number of nitrogens with zero attached hydrogens (tertiary/aromatic N) is 1. The van der Waals surface area contributed by atoms with Crippen LogP contribution in [0.3, 0.4) is 0 Å². The van der Waals surface area contributed by atoms with Crippen LogP contribution in [0, 0.1) is 11.3 Å². The third-order valence-corrected chi connectivity index (χ3v) is 5.45. The average Bonchev–Trinajstić information content (AvgIpc) is 3.23. The lowest BCUT2D eigenvalue weighted by Crippen LogP contribution is -2.45. The molecule has 2 aliphatic carbocycles. The van der Waals surface area contributed by atoms with Crippen molar-refractivity contribution in [3.8, 4) is 0 Å². The normalized spacial score (nSPS) is 22.1. The first kappa shape index (κ1) is 19.0. The maximum Gasteiger partial charge on any atom is 0.191 e. The second-order valence-corrected chi connectivity index (χ2v) is 8.79. The third-order valence-electron chi connectivity index (χ3n) is 4.47. The molecule has 0 aromatic heterocycles. The summed E-state index contributed by atoms with van der Waals surface area (Å²) < 4.78 is 22.3. The summed E-state index contributed by atoms with van der Waals surface area (Å²) in [6.45, 7) is 2.99. The topological polar surface area (TPSA) is 70.6 Å². The fourth-order valence-electron chi connectivity index (χ4n) is 2.74. The maximum absolute atomic E-state index is 11.2. The zero-order valence-electron chi connectivity index (χ0n) is 13.2. The van der Waals surface area contributed by atoms with Crippen LogP contribution in [0.2, 0.25) is 0 Å². The van der Waals surface area contributed by atoms with Gasteiger partial charge in [-0.3, -0.25) is 4.99 Å². The van der Waals surface area contributed by atoms with E-state index in [0.29, 0.717) is 11.8 Å². The summed E-state index contributed by atoms with van der Waals surface area (Å²) in [5.74, 6) is 1.93. The van der Waals surface area contributed by atoms with E-state index in [1.807, 2.05) is 6.92 Å². The number of guanidine groups is 1. The molecule has 0 aromatic rings. The quantitative estimate of drug-likeness (QED) is 0.368. The summed E-state index contributed by atoms with van der Waals surface area (Å²) in [5.41, 5.74) is 0.535. The van der Waals surface area contributed by atoms with Gasteiger partial charge in [-0.2, -0.15) is 0 Å². The molecule has 2 N–H and O–H groups in total. The van der Waals surface area contributed by atoms with Crippen LogP contribution >= 0.6 is 24.0 Å². The van der Waals surface area contributed by atoms with E-state index < -0.39 is 9.84 Å². The lowest BCUT2D eigenvalue weighted by Gasteiger charge is -2.21. The van der Waals surface area contributed by atoms with Crippen LogP contribution in [0.25, 0.3) is 0 Å². The molecule has 0 aromatic carbocycles. The molecule has 2 rings (SSSR count). The van der Waals surface area contributed by atoms with Crippen LogP contribution in [-0.4, -0.2) is 46.0 Å². The fraction of sp³-hybridized carbons (Fsp3) is 0.929. The molecule has 5 nitrogen and oxygen atoms in total. The average molecular weight is 429 g/mol. The Bertz CT molecular complexity index is 471. The van der Waals surface area contributed by atoms with Gasteiger partial charge < -0.3 is 10.6 Å². The van der Waals surface area contributed by atoms with E-state index in [1.165, 1.54) is 31.9 Å². The minimum absolute atomic E-state index is 0. The Labute approximate surface area is 145 Å². The van der Waals surface area contributed by atoms with E-state index in [0.717, 1.165) is 18.4 Å². The van der Waals surface area contributed by atoms with Gasteiger partial charge in [0, 0.05) is 25.9 Å². The molecule has 0 bridgehead atoms. The van der Waals surface area contributed by atoms with Gasteiger partial charge in [-0.1, -0.05) is 0 Å². The van der Waals surface area contributed by atoms with E-state index in [9.17, 15) is 8.42 Å². The molecule has 1 atom stereocenters. The monoisotopic (exact) mass is 429 g/mol. The number of hydrogen-bond acceptors (Lipinski definition) is 3. The highest BCUT2D eigenvalue weighted by Gasteiger charge is 2.53. The van der Waals surface area contributed by atoms with E-state index in [2.05, 4.69) is 15.6 Å². The predicted octanol–water partition coefficient (Wildman–Crippen LogP) is 1.78. The summed E-state index contributed by atoms with van der Waals surface area (Å²) in [5, 5.41) is 6.68. The van der Waals surface area contributed by atoms with Crippen LogP contribution in [0.1, 0.15) is 39.0 Å². The Hall–Kier alpha value is -0.0500. The van der Waals surface area contributed by atoms with Crippen molar-refractivity contribution in [2.24, 2.45) is 16.3 Å². The van der Waals surface area contributed by atoms with Gasteiger partial charge in [0.15, 0.2) is 5.96 Å². The smallest absolute Gasteiger partial charge is 0.191 e. The van der Waals surface area contributed by atoms with Gasteiger partial charge in [0.2, 0.25) is 0 Å². The molecule has 2 fully saturated rings. The molecule has 0 amide bonds. The molecule has 0 spiro atoms. The number of halogens is 1. The summed E-state index contributed by atoms with van der Waals surface area (Å²) in [6, 6.07) is 0.104. The van der Waals surface area contributed by atoms with Gasteiger partial charge in [-0.05, 0) is 50.4 Å². The number of nitrogens with one attached hydrogen (secondary N) is 2. The Morgan fingerprint density at radius 1 is 1.38 bits per heavy atom. The van der Waals surface area contributed by atoms with E-state index >= 15 is 0 Å². The summed E-state index contributed by atoms with van der Waals surface area (Å²) in [6.07, 6.45) is 7.33. The minimum atomic E-state index is -2.89. The molecular formula is C14H28IN3O2S. The van der Waals surface area contributed by atoms with Gasteiger partial charge in [0.05, 0.1) is 5.75 Å². The van der Waals surface area contributed by atoms with Crippen molar-refractivity contribution in [1.29, 1.82) is 0 Å². The number of sulfone groups is 1. The Morgan fingerprint density at radius 3 is 2.43 bits per heavy atom. The van der Waals surface area contributed by atoms with Crippen molar-refractivity contribution in [2.75, 3.05) is 25.6 Å². The van der Waals surface area contributed by atoms with Crippen molar-refractivity contribution in [1.82, 2.24) is 10.6 Å². The van der Waals surface area contributed by atoms with Gasteiger partial charge in [0.25, 0.3) is 0 Å². The predicted molar refractivity (Wildman–Crippen MR) is 98.1 cm³/mol. The van der Waals surface area contributed by atoms with E-state index in [-0.39, 0.29) is 35.8 Å². The molecule has 1 unspecified atom stereocenters. The van der Waals surface area contributed by atoms with Crippen molar-refractivity contribution < 1.29 is 8.42 Å². The van der Waals surface area contributed by atoms with Gasteiger partial charge in [0.1, 0.15) is 9.84 Å². The third kappa shape index (κ3) is 6.30. The van der Waals surface area contributed by atoms with Crippen molar-refractivity contribution in [3.05, 3.63) is 0 Å². The molecule has 0 radical (unpaired) electrons. The van der Waals surface area contributed by atoms with Crippen LogP contribution in [0.5, 0.6) is 0 Å². The summed E-state index contributed by atoms with van der Waals surface area (Å²) in [7, 11) is -1.13. The van der Waals surface area contributed by atoms with Gasteiger partial charge in [-0.15, -0.1) is 24.0 Å². The van der Waals surface area contributed by atoms with Crippen molar-refractivity contribution in [2.45, 2.75) is 45.1 Å². The lowest BCUT2D eigenvalue weighted by atomic mass is 10.0. The second-order valence-electron chi connectivity index (χ2n) is 6.53. The van der Waals surface area contributed by atoms with E-state index in [1.54, 1.807) is 7.05 Å². The molecule has 0 aliphatic heterocycles. The van der Waals surface area contributed by atoms with E-state index in [4.69, 9.17) is 0 Å². The minimum Gasteiger partial charge on any atom is -0.356 e. The number of rotatable bonds is 7. The molecule has 2 saturated carbocycles. The highest BCUT2D eigenvalue weighted by Crippen LogP contribution is 2.60. The molecule has 2 aliphatic rings. The van der Waals surface area contributed by atoms with Crippen molar-refractivity contribution in [3.63, 3.8) is 0 Å². The highest BCUT2D eigenvalue weighted by atomic mass is 127. The van der Waals surface area contributed by atoms with Crippen molar-refractivity contribution >= 4 is 39.8 Å². The number of aliphatic imine (C=N–C) groups is 1. The lowest BCUT2D eigenvalue weighted by molar-refractivity contribution is 0.429. The first-order chi connectivity index (χ1) is 9.35. The maximum atomic E-state index is 11.2. The van der Waals surface area contributed by atoms with Crippen LogP contribution in [-0.2, 0) is 9.84 Å². The SMILES string of the molecule is CN=C(NCC1(C2CC2)CC1)NC(C)CCS(C)(=O)=O.I. The fourth-order valence-corrected chi connectivity index (χ4v) is 3.52. The van der Waals surface area contributed by atoms with Gasteiger partial charge in [-0.25, -0.2) is 8.42 Å². The van der Waals surface area contributed by atoms with Crippen LogP contribution in [0.15, 0.2) is 4.99 Å². The molecule has 21 heavy (non-hydrogen) atoms. The Kier molecular flexibility index (Phi) is 6.77. The summed E-state index contributed by atoms with van der Waals surface area (Å²) in [4.78, 5) is 4.23. The second kappa shape index (κ2) is 7.48. The van der Waals surface area contributed by atoms with Gasteiger partial charge >= 0.3 is 0 Å². The zero-order valence-corrected chi connectivity index (χ0v) is 16.3. The molecule has 124 valence electrons. The number of hydrogen-bond donors (Lipinski definition) is 2. The Morgan fingerprint density at radius 2 is 2.00 bits per heavy atom. The molecular weight excluding hydrogens is 401 g/mol. The first-order valence-corrected chi connectivity index (χ1v) is 9.56. The standard InChI is InChI=1S/C14H27N3O2S.HI/c1-11(6-9-20(3,18)19)17-13(15-2)16-10-14(7-8-14)12-4-5-12;/h11-12H,4-10H2,1-3H3,(H2,15,16,17);1H. The molecule has 7 heteroatoms. The highest BCUT2D eigenvalue weighted by molar-refractivity contribution is 14.0. The summed E-state index contributed by atoms with van der Waals surface area (Å²) >= 11 is 0. The molecule has 0 saturated heterocycles. The van der Waals surface area contributed by atoms with Crippen LogP contribution in [0.4, 0.5) is 0 Å². The molecule has 0 heterocycles. The zero-order chi connectivity index (χ0) is 14.8. The first-order valence-electron chi connectivity index (χ1n) is 7.49. The van der Waals surface area contributed by atoms with Crippen LogP contribution < -0.4 is 10.6 Å².